The summed E-state index contributed by atoms with van der Waals surface area (Å²) in [7, 11) is 5.20. The topological polar surface area (TPSA) is 84.5 Å². The SMILES string of the molecule is CN(C)C(=O)N1CCC(c2nc(-c3ccc(=O)n(C)c3)no2)CC1. The fraction of sp³-hybridized carbons (Fsp3) is 0.500. The van der Waals surface area contributed by atoms with Gasteiger partial charge < -0.3 is 18.9 Å². The maximum atomic E-state index is 12.0. The third-order valence-electron chi connectivity index (χ3n) is 4.28. The molecular formula is C16H21N5O3. The molecule has 8 heteroatoms. The smallest absolute Gasteiger partial charge is 0.319 e. The lowest BCUT2D eigenvalue weighted by Crippen LogP contribution is -2.43. The van der Waals surface area contributed by atoms with E-state index < -0.39 is 0 Å². The number of aryl methyl sites for hydroxylation is 1. The van der Waals surface area contributed by atoms with Gasteiger partial charge in [-0.3, -0.25) is 4.79 Å². The number of pyridine rings is 1. The highest BCUT2D eigenvalue weighted by Gasteiger charge is 2.28. The Kier molecular flexibility index (Phi) is 4.37. The van der Waals surface area contributed by atoms with Crippen LogP contribution in [0.3, 0.4) is 0 Å². The lowest BCUT2D eigenvalue weighted by molar-refractivity contribution is 0.152. The summed E-state index contributed by atoms with van der Waals surface area (Å²) in [5, 5.41) is 4.02. The summed E-state index contributed by atoms with van der Waals surface area (Å²) < 4.78 is 6.89. The Morgan fingerprint density at radius 2 is 2.00 bits per heavy atom. The van der Waals surface area contributed by atoms with Gasteiger partial charge in [-0.05, 0) is 18.9 Å². The molecule has 1 aliphatic heterocycles. The zero-order valence-electron chi connectivity index (χ0n) is 14.1. The second kappa shape index (κ2) is 6.46. The fourth-order valence-corrected chi connectivity index (χ4v) is 2.85. The molecule has 8 nitrogen and oxygen atoms in total. The second-order valence-corrected chi connectivity index (χ2v) is 6.26. The minimum absolute atomic E-state index is 0.0323. The minimum atomic E-state index is -0.0830. The summed E-state index contributed by atoms with van der Waals surface area (Å²) in [5.74, 6) is 1.23. The average Bonchev–Trinajstić information content (AvgIpc) is 3.07. The third kappa shape index (κ3) is 3.17. The molecule has 0 spiro atoms. The first-order valence-electron chi connectivity index (χ1n) is 7.92. The Labute approximate surface area is 139 Å². The van der Waals surface area contributed by atoms with E-state index in [0.717, 1.165) is 18.4 Å². The van der Waals surface area contributed by atoms with Crippen molar-refractivity contribution in [2.24, 2.45) is 7.05 Å². The Balaban J connectivity index is 1.69. The average molecular weight is 331 g/mol. The zero-order chi connectivity index (χ0) is 17.3. The van der Waals surface area contributed by atoms with Gasteiger partial charge in [0.2, 0.25) is 17.3 Å². The van der Waals surface area contributed by atoms with Crippen LogP contribution in [0.15, 0.2) is 27.6 Å². The third-order valence-corrected chi connectivity index (χ3v) is 4.28. The highest BCUT2D eigenvalue weighted by atomic mass is 16.5. The van der Waals surface area contributed by atoms with Crippen LogP contribution < -0.4 is 5.56 Å². The van der Waals surface area contributed by atoms with Crippen LogP contribution in [0.1, 0.15) is 24.7 Å². The molecule has 0 atom stereocenters. The molecule has 0 radical (unpaired) electrons. The van der Waals surface area contributed by atoms with Gasteiger partial charge in [0.1, 0.15) is 0 Å². The van der Waals surface area contributed by atoms with Gasteiger partial charge in [0, 0.05) is 58.0 Å². The zero-order valence-corrected chi connectivity index (χ0v) is 14.1. The van der Waals surface area contributed by atoms with E-state index in [4.69, 9.17) is 4.52 Å². The number of likely N-dealkylation sites (tertiary alicyclic amines) is 1. The molecule has 128 valence electrons. The predicted molar refractivity (Wildman–Crippen MR) is 87.6 cm³/mol. The number of nitrogens with zero attached hydrogens (tertiary/aromatic N) is 5. The second-order valence-electron chi connectivity index (χ2n) is 6.26. The number of hydrogen-bond donors (Lipinski definition) is 0. The van der Waals surface area contributed by atoms with Crippen molar-refractivity contribution in [3.63, 3.8) is 0 Å². The van der Waals surface area contributed by atoms with Crippen LogP contribution in [0.2, 0.25) is 0 Å². The molecule has 2 amide bonds. The molecular weight excluding hydrogens is 310 g/mol. The van der Waals surface area contributed by atoms with Crippen LogP contribution >= 0.6 is 0 Å². The quantitative estimate of drug-likeness (QED) is 0.828. The van der Waals surface area contributed by atoms with Crippen molar-refractivity contribution in [2.45, 2.75) is 18.8 Å². The Bertz CT molecular complexity index is 787. The first kappa shape index (κ1) is 16.2. The number of aromatic nitrogens is 3. The van der Waals surface area contributed by atoms with Gasteiger partial charge >= 0.3 is 6.03 Å². The Hall–Kier alpha value is -2.64. The monoisotopic (exact) mass is 331 g/mol. The van der Waals surface area contributed by atoms with E-state index in [9.17, 15) is 9.59 Å². The standard InChI is InChI=1S/C16H21N5O3/c1-19(2)16(23)21-8-6-11(7-9-21)15-17-14(18-24-15)12-4-5-13(22)20(3)10-12/h4-5,10-11H,6-9H2,1-3H3. The molecule has 0 aliphatic carbocycles. The molecule has 0 bridgehead atoms. The van der Waals surface area contributed by atoms with Crippen molar-refractivity contribution < 1.29 is 9.32 Å². The van der Waals surface area contributed by atoms with Gasteiger partial charge in [-0.15, -0.1) is 0 Å². The molecule has 0 N–H and O–H groups in total. The maximum absolute atomic E-state index is 12.0. The molecule has 24 heavy (non-hydrogen) atoms. The van der Waals surface area contributed by atoms with E-state index in [0.29, 0.717) is 24.8 Å². The first-order valence-corrected chi connectivity index (χ1v) is 7.92. The maximum Gasteiger partial charge on any atom is 0.319 e. The summed E-state index contributed by atoms with van der Waals surface area (Å²) in [5.41, 5.74) is 0.660. The van der Waals surface area contributed by atoms with Crippen molar-refractivity contribution in [1.29, 1.82) is 0 Å². The number of amides is 2. The van der Waals surface area contributed by atoms with E-state index in [1.165, 1.54) is 10.6 Å². The van der Waals surface area contributed by atoms with Crippen LogP contribution in [0, 0.1) is 0 Å². The Morgan fingerprint density at radius 3 is 2.62 bits per heavy atom. The van der Waals surface area contributed by atoms with Gasteiger partial charge in [0.05, 0.1) is 0 Å². The lowest BCUT2D eigenvalue weighted by Gasteiger charge is -2.32. The molecule has 1 fully saturated rings. The fourth-order valence-electron chi connectivity index (χ4n) is 2.85. The molecule has 0 saturated carbocycles. The number of piperidine rings is 1. The van der Waals surface area contributed by atoms with Crippen LogP contribution in [-0.4, -0.2) is 57.7 Å². The molecule has 2 aromatic rings. The summed E-state index contributed by atoms with van der Waals surface area (Å²) >= 11 is 0. The van der Waals surface area contributed by atoms with E-state index in [1.54, 1.807) is 38.3 Å². The molecule has 1 saturated heterocycles. The highest BCUT2D eigenvalue weighted by Crippen LogP contribution is 2.28. The molecule has 3 rings (SSSR count). The minimum Gasteiger partial charge on any atom is -0.339 e. The van der Waals surface area contributed by atoms with Crippen LogP contribution in [0.25, 0.3) is 11.4 Å². The first-order chi connectivity index (χ1) is 11.5. The molecule has 1 aliphatic rings. The number of urea groups is 1. The van der Waals surface area contributed by atoms with Gasteiger partial charge in [0.25, 0.3) is 0 Å². The summed E-state index contributed by atoms with van der Waals surface area (Å²) in [6.45, 7) is 1.36. The lowest BCUT2D eigenvalue weighted by atomic mass is 9.97. The highest BCUT2D eigenvalue weighted by molar-refractivity contribution is 5.73. The van der Waals surface area contributed by atoms with E-state index in [-0.39, 0.29) is 17.5 Å². The molecule has 3 heterocycles. The van der Waals surface area contributed by atoms with E-state index >= 15 is 0 Å². The summed E-state index contributed by atoms with van der Waals surface area (Å²) in [6, 6.07) is 3.20. The van der Waals surface area contributed by atoms with Crippen molar-refractivity contribution in [1.82, 2.24) is 24.5 Å². The van der Waals surface area contributed by atoms with Crippen molar-refractivity contribution in [3.05, 3.63) is 34.6 Å². The number of carbonyl (C=O) groups is 1. The molecule has 2 aromatic heterocycles. The predicted octanol–water partition coefficient (Wildman–Crippen LogP) is 1.30. The molecule has 0 unspecified atom stereocenters. The van der Waals surface area contributed by atoms with E-state index in [1.807, 2.05) is 4.90 Å². The van der Waals surface area contributed by atoms with Crippen molar-refractivity contribution in [2.75, 3.05) is 27.2 Å². The number of rotatable bonds is 2. The normalized spacial score (nSPS) is 15.5. The van der Waals surface area contributed by atoms with Gasteiger partial charge in [-0.2, -0.15) is 4.98 Å². The van der Waals surface area contributed by atoms with Crippen molar-refractivity contribution in [3.8, 4) is 11.4 Å². The summed E-state index contributed by atoms with van der Waals surface area (Å²) in [4.78, 5) is 31.3. The van der Waals surface area contributed by atoms with Crippen molar-refractivity contribution >= 4 is 6.03 Å². The van der Waals surface area contributed by atoms with Gasteiger partial charge in [0.15, 0.2) is 0 Å². The largest absolute Gasteiger partial charge is 0.339 e. The number of carbonyl (C=O) groups excluding carboxylic acids is 1. The van der Waals surface area contributed by atoms with Gasteiger partial charge in [-0.25, -0.2) is 4.79 Å². The van der Waals surface area contributed by atoms with Crippen LogP contribution in [0.5, 0.6) is 0 Å². The number of hydrogen-bond acceptors (Lipinski definition) is 5. The van der Waals surface area contributed by atoms with Crippen LogP contribution in [0.4, 0.5) is 4.79 Å². The summed E-state index contributed by atoms with van der Waals surface area (Å²) in [6.07, 6.45) is 3.29. The van der Waals surface area contributed by atoms with Gasteiger partial charge in [-0.1, -0.05) is 5.16 Å². The van der Waals surface area contributed by atoms with E-state index in [2.05, 4.69) is 10.1 Å². The van der Waals surface area contributed by atoms with Crippen LogP contribution in [-0.2, 0) is 7.05 Å². The molecule has 0 aromatic carbocycles. The Morgan fingerprint density at radius 1 is 1.29 bits per heavy atom.